The highest BCUT2D eigenvalue weighted by molar-refractivity contribution is 6.03. The van der Waals surface area contributed by atoms with E-state index in [0.29, 0.717) is 26.4 Å². The molecule has 0 aliphatic rings. The number of ether oxygens (including phenoxy) is 6. The summed E-state index contributed by atoms with van der Waals surface area (Å²) in [6, 6.07) is 6.27. The number of hydrogen-bond donors (Lipinski definition) is 0. The minimum atomic E-state index is -0.664. The maximum Gasteiger partial charge on any atom is 0.339 e. The Kier molecular flexibility index (Phi) is 12.1. The molecule has 0 heterocycles. The molecule has 158 valence electrons. The molecular weight excluding hydrogens is 368 g/mol. The summed E-state index contributed by atoms with van der Waals surface area (Å²) in [6.45, 7) is 8.79. The van der Waals surface area contributed by atoms with Crippen molar-refractivity contribution in [2.75, 3.05) is 39.6 Å². The molecule has 0 amide bonds. The zero-order chi connectivity index (χ0) is 20.8. The van der Waals surface area contributed by atoms with Gasteiger partial charge in [0.05, 0.1) is 11.1 Å². The molecule has 28 heavy (non-hydrogen) atoms. The third-order valence-electron chi connectivity index (χ3n) is 3.48. The van der Waals surface area contributed by atoms with Crippen LogP contribution in [0.3, 0.4) is 0 Å². The van der Waals surface area contributed by atoms with E-state index in [4.69, 9.17) is 28.4 Å². The topological polar surface area (TPSA) is 89.5 Å². The highest BCUT2D eigenvalue weighted by atomic mass is 16.7. The Hall–Kier alpha value is -2.00. The summed E-state index contributed by atoms with van der Waals surface area (Å²) in [7, 11) is 0. The minimum absolute atomic E-state index is 0.0827. The monoisotopic (exact) mass is 398 g/mol. The molecule has 1 rings (SSSR count). The highest BCUT2D eigenvalue weighted by Gasteiger charge is 2.22. The van der Waals surface area contributed by atoms with Crippen LogP contribution < -0.4 is 0 Å². The van der Waals surface area contributed by atoms with Gasteiger partial charge in [-0.15, -0.1) is 0 Å². The van der Waals surface area contributed by atoms with E-state index in [-0.39, 0.29) is 24.3 Å². The van der Waals surface area contributed by atoms with Crippen molar-refractivity contribution in [1.82, 2.24) is 0 Å². The molecule has 1 aromatic carbocycles. The van der Waals surface area contributed by atoms with E-state index >= 15 is 0 Å². The number of hydrogen-bond acceptors (Lipinski definition) is 8. The first-order chi connectivity index (χ1) is 13.6. The number of rotatable bonds is 14. The molecule has 0 bridgehead atoms. The summed E-state index contributed by atoms with van der Waals surface area (Å²) < 4.78 is 31.8. The summed E-state index contributed by atoms with van der Waals surface area (Å²) in [5.74, 6) is -1.33. The fraction of sp³-hybridized carbons (Fsp3) is 0.600. The van der Waals surface area contributed by atoms with Crippen LogP contribution in [0, 0.1) is 0 Å². The van der Waals surface area contributed by atoms with Gasteiger partial charge in [0, 0.05) is 26.4 Å². The van der Waals surface area contributed by atoms with Gasteiger partial charge in [0.25, 0.3) is 0 Å². The normalized spacial score (nSPS) is 11.1. The lowest BCUT2D eigenvalue weighted by Crippen LogP contribution is -2.27. The van der Waals surface area contributed by atoms with Gasteiger partial charge in [0.1, 0.15) is 13.2 Å². The molecule has 0 aliphatic heterocycles. The minimum Gasteiger partial charge on any atom is -0.457 e. The van der Waals surface area contributed by atoms with Crippen LogP contribution >= 0.6 is 0 Å². The van der Waals surface area contributed by atoms with Crippen LogP contribution in [0.15, 0.2) is 24.3 Å². The van der Waals surface area contributed by atoms with Gasteiger partial charge in [0.15, 0.2) is 12.6 Å². The van der Waals surface area contributed by atoms with Crippen molar-refractivity contribution in [3.05, 3.63) is 35.4 Å². The predicted molar refractivity (Wildman–Crippen MR) is 101 cm³/mol. The van der Waals surface area contributed by atoms with E-state index in [1.807, 2.05) is 27.7 Å². The van der Waals surface area contributed by atoms with E-state index < -0.39 is 24.5 Å². The van der Waals surface area contributed by atoms with Crippen molar-refractivity contribution >= 4 is 11.9 Å². The van der Waals surface area contributed by atoms with Crippen molar-refractivity contribution in [1.29, 1.82) is 0 Å². The standard InChI is InChI=1S/C20H30O8/c1-5-23-17(24-6-2)13-27-19(21)15-11-9-10-12-16(15)20(22)28-14-18(25-7-3)26-8-4/h9-12,17-18H,5-8,13-14H2,1-4H3. The smallest absolute Gasteiger partial charge is 0.339 e. The van der Waals surface area contributed by atoms with Crippen LogP contribution in [0.25, 0.3) is 0 Å². The van der Waals surface area contributed by atoms with Crippen LogP contribution in [-0.2, 0) is 28.4 Å². The van der Waals surface area contributed by atoms with Crippen molar-refractivity contribution < 1.29 is 38.0 Å². The summed E-state index contributed by atoms with van der Waals surface area (Å²) >= 11 is 0. The quantitative estimate of drug-likeness (QED) is 0.349. The third-order valence-corrected chi connectivity index (χ3v) is 3.48. The van der Waals surface area contributed by atoms with Crippen molar-refractivity contribution in [2.24, 2.45) is 0 Å². The molecule has 0 aliphatic carbocycles. The molecule has 8 heteroatoms. The number of carbonyl (C=O) groups excluding carboxylic acids is 2. The molecule has 0 saturated heterocycles. The van der Waals surface area contributed by atoms with Crippen molar-refractivity contribution in [3.8, 4) is 0 Å². The molecule has 0 radical (unpaired) electrons. The first-order valence-electron chi connectivity index (χ1n) is 9.46. The zero-order valence-corrected chi connectivity index (χ0v) is 17.0. The molecule has 8 nitrogen and oxygen atoms in total. The molecule has 0 aromatic heterocycles. The Morgan fingerprint density at radius 3 is 1.29 bits per heavy atom. The Morgan fingerprint density at radius 1 is 0.679 bits per heavy atom. The lowest BCUT2D eigenvalue weighted by molar-refractivity contribution is -0.158. The van der Waals surface area contributed by atoms with Crippen LogP contribution in [-0.4, -0.2) is 64.2 Å². The van der Waals surface area contributed by atoms with Crippen LogP contribution in [0.5, 0.6) is 0 Å². The fourth-order valence-corrected chi connectivity index (χ4v) is 2.31. The lowest BCUT2D eigenvalue weighted by Gasteiger charge is -2.18. The lowest BCUT2D eigenvalue weighted by atomic mass is 10.1. The Labute approximate surface area is 166 Å². The SMILES string of the molecule is CCOC(COC(=O)c1ccccc1C(=O)OCC(OCC)OCC)OCC. The van der Waals surface area contributed by atoms with Gasteiger partial charge in [-0.1, -0.05) is 12.1 Å². The second-order valence-corrected chi connectivity index (χ2v) is 5.42. The van der Waals surface area contributed by atoms with Gasteiger partial charge >= 0.3 is 11.9 Å². The maximum absolute atomic E-state index is 12.4. The van der Waals surface area contributed by atoms with Crippen LogP contribution in [0.2, 0.25) is 0 Å². The first kappa shape index (κ1) is 24.0. The maximum atomic E-state index is 12.4. The van der Waals surface area contributed by atoms with Gasteiger partial charge in [-0.05, 0) is 39.8 Å². The number of carbonyl (C=O) groups is 2. The average molecular weight is 398 g/mol. The van der Waals surface area contributed by atoms with E-state index in [1.54, 1.807) is 12.1 Å². The average Bonchev–Trinajstić information content (AvgIpc) is 2.70. The molecule has 0 N–H and O–H groups in total. The molecule has 1 aromatic rings. The molecule has 0 atom stereocenters. The molecule has 0 spiro atoms. The first-order valence-corrected chi connectivity index (χ1v) is 9.46. The van der Waals surface area contributed by atoms with Crippen molar-refractivity contribution in [2.45, 2.75) is 40.3 Å². The molecular formula is C20H30O8. The number of esters is 2. The van der Waals surface area contributed by atoms with Crippen molar-refractivity contribution in [3.63, 3.8) is 0 Å². The Balaban J connectivity index is 2.74. The summed E-state index contributed by atoms with van der Waals surface area (Å²) in [5, 5.41) is 0. The summed E-state index contributed by atoms with van der Waals surface area (Å²) in [5.41, 5.74) is 0.201. The van der Waals surface area contributed by atoms with Gasteiger partial charge in [-0.3, -0.25) is 0 Å². The van der Waals surface area contributed by atoms with Crippen LogP contribution in [0.1, 0.15) is 48.4 Å². The van der Waals surface area contributed by atoms with E-state index in [9.17, 15) is 9.59 Å². The predicted octanol–water partition coefficient (Wildman–Crippen LogP) is 2.80. The van der Waals surface area contributed by atoms with Crippen LogP contribution in [0.4, 0.5) is 0 Å². The third kappa shape index (κ3) is 8.35. The van der Waals surface area contributed by atoms with E-state index in [1.165, 1.54) is 12.1 Å². The molecule has 0 saturated carbocycles. The summed E-state index contributed by atoms with van der Waals surface area (Å²) in [6.07, 6.45) is -1.31. The Bertz CT molecular complexity index is 526. The second-order valence-electron chi connectivity index (χ2n) is 5.42. The second kappa shape index (κ2) is 14.1. The van der Waals surface area contributed by atoms with Gasteiger partial charge in [-0.25, -0.2) is 9.59 Å². The number of benzene rings is 1. The van der Waals surface area contributed by atoms with E-state index in [2.05, 4.69) is 0 Å². The fourth-order valence-electron chi connectivity index (χ4n) is 2.31. The largest absolute Gasteiger partial charge is 0.457 e. The summed E-state index contributed by atoms with van der Waals surface area (Å²) in [4.78, 5) is 24.9. The van der Waals surface area contributed by atoms with Gasteiger partial charge in [0.2, 0.25) is 0 Å². The highest BCUT2D eigenvalue weighted by Crippen LogP contribution is 2.13. The molecule has 0 fully saturated rings. The molecule has 0 unspecified atom stereocenters. The zero-order valence-electron chi connectivity index (χ0n) is 17.0. The Morgan fingerprint density at radius 2 is 1.00 bits per heavy atom. The van der Waals surface area contributed by atoms with Gasteiger partial charge < -0.3 is 28.4 Å². The van der Waals surface area contributed by atoms with E-state index in [0.717, 1.165) is 0 Å². The van der Waals surface area contributed by atoms with Gasteiger partial charge in [-0.2, -0.15) is 0 Å².